The van der Waals surface area contributed by atoms with Crippen LogP contribution < -0.4 is 0 Å². The van der Waals surface area contributed by atoms with Crippen LogP contribution in [-0.4, -0.2) is 22.3 Å². The van der Waals surface area contributed by atoms with Crippen molar-refractivity contribution in [3.63, 3.8) is 0 Å². The molecule has 0 saturated carbocycles. The molecule has 1 aromatic carbocycles. The van der Waals surface area contributed by atoms with Gasteiger partial charge in [0, 0.05) is 30.1 Å². The van der Waals surface area contributed by atoms with Crippen LogP contribution in [0.5, 0.6) is 0 Å². The summed E-state index contributed by atoms with van der Waals surface area (Å²) in [6.07, 6.45) is 0.956. The Balaban J connectivity index is 2.15. The Morgan fingerprint density at radius 1 is 1.33 bits per heavy atom. The molecule has 1 aliphatic rings. The minimum Gasteiger partial charge on any atom is -0.356 e. The van der Waals surface area contributed by atoms with Gasteiger partial charge in [-0.15, -0.1) is 0 Å². The van der Waals surface area contributed by atoms with Crippen molar-refractivity contribution in [2.24, 2.45) is 0 Å². The summed E-state index contributed by atoms with van der Waals surface area (Å²) in [6, 6.07) is 4.45. The van der Waals surface area contributed by atoms with Crippen molar-refractivity contribution in [3.8, 4) is 0 Å². The first-order chi connectivity index (χ1) is 8.56. The summed E-state index contributed by atoms with van der Waals surface area (Å²) in [5.41, 5.74) is 6.43. The highest BCUT2D eigenvalue weighted by molar-refractivity contribution is 5.88. The summed E-state index contributed by atoms with van der Waals surface area (Å²) >= 11 is 0. The summed E-state index contributed by atoms with van der Waals surface area (Å²) in [5, 5.41) is 1.34. The molecule has 3 heteroatoms. The number of nitrogens with one attached hydrogen (secondary N) is 1. The molecule has 3 nitrogen and oxygen atoms in total. The number of hydrogen-bond donors (Lipinski definition) is 1. The molecule has 2 aromatic rings. The number of benzene rings is 1. The van der Waals surface area contributed by atoms with Gasteiger partial charge in [0.25, 0.3) is 0 Å². The number of H-pyrrole nitrogens is 1. The fourth-order valence-electron chi connectivity index (χ4n) is 2.97. The van der Waals surface area contributed by atoms with Crippen LogP contribution in [0, 0.1) is 13.8 Å². The van der Waals surface area contributed by atoms with Gasteiger partial charge in [-0.3, -0.25) is 4.79 Å². The third-order valence-electron chi connectivity index (χ3n) is 3.87. The number of fused-ring (bicyclic) bond motifs is 3. The lowest BCUT2D eigenvalue weighted by Gasteiger charge is -2.25. The van der Waals surface area contributed by atoms with Crippen LogP contribution >= 0.6 is 0 Å². The lowest BCUT2D eigenvalue weighted by molar-refractivity contribution is -0.129. The molecule has 0 atom stereocenters. The van der Waals surface area contributed by atoms with Crippen LogP contribution in [0.2, 0.25) is 0 Å². The van der Waals surface area contributed by atoms with Crippen molar-refractivity contribution in [1.82, 2.24) is 9.88 Å². The Labute approximate surface area is 107 Å². The minimum absolute atomic E-state index is 0.159. The number of nitrogens with zero attached hydrogens (tertiary/aromatic N) is 1. The number of aromatic nitrogens is 1. The largest absolute Gasteiger partial charge is 0.356 e. The Hall–Kier alpha value is -1.77. The normalized spacial score (nSPS) is 14.9. The standard InChI is InChI=1S/C15H18N2O/c1-9-6-10(2)15-13(7-9)12-4-5-17(11(3)18)8-14(12)16-15/h6-7,16H,4-5,8H2,1-3H3. The van der Waals surface area contributed by atoms with E-state index < -0.39 is 0 Å². The topological polar surface area (TPSA) is 36.1 Å². The first-order valence-electron chi connectivity index (χ1n) is 6.42. The Kier molecular flexibility index (Phi) is 2.44. The highest BCUT2D eigenvalue weighted by atomic mass is 16.2. The fourth-order valence-corrected chi connectivity index (χ4v) is 2.97. The number of hydrogen-bond acceptors (Lipinski definition) is 1. The molecule has 2 heterocycles. The first kappa shape index (κ1) is 11.3. The summed E-state index contributed by atoms with van der Waals surface area (Å²) in [7, 11) is 0. The van der Waals surface area contributed by atoms with E-state index in [1.54, 1.807) is 6.92 Å². The van der Waals surface area contributed by atoms with E-state index in [0.717, 1.165) is 19.5 Å². The van der Waals surface area contributed by atoms with Gasteiger partial charge in [-0.2, -0.15) is 0 Å². The van der Waals surface area contributed by atoms with Crippen LogP contribution in [0.1, 0.15) is 29.3 Å². The van der Waals surface area contributed by atoms with Crippen molar-refractivity contribution in [1.29, 1.82) is 0 Å². The summed E-state index contributed by atoms with van der Waals surface area (Å²) < 4.78 is 0. The number of carbonyl (C=O) groups is 1. The molecular formula is C15H18N2O. The second-order valence-electron chi connectivity index (χ2n) is 5.28. The van der Waals surface area contributed by atoms with Crippen LogP contribution in [0.4, 0.5) is 0 Å². The second kappa shape index (κ2) is 3.87. The molecule has 1 aromatic heterocycles. The summed E-state index contributed by atoms with van der Waals surface area (Å²) in [5.74, 6) is 0.159. The summed E-state index contributed by atoms with van der Waals surface area (Å²) in [6.45, 7) is 7.47. The second-order valence-corrected chi connectivity index (χ2v) is 5.28. The smallest absolute Gasteiger partial charge is 0.219 e. The molecule has 0 radical (unpaired) electrons. The Morgan fingerprint density at radius 3 is 2.83 bits per heavy atom. The highest BCUT2D eigenvalue weighted by Gasteiger charge is 2.22. The van der Waals surface area contributed by atoms with E-state index in [9.17, 15) is 4.79 Å². The van der Waals surface area contributed by atoms with Gasteiger partial charge < -0.3 is 9.88 Å². The van der Waals surface area contributed by atoms with Crippen molar-refractivity contribution < 1.29 is 4.79 Å². The zero-order valence-electron chi connectivity index (χ0n) is 11.1. The van der Waals surface area contributed by atoms with E-state index in [0.29, 0.717) is 0 Å². The molecule has 3 rings (SSSR count). The molecule has 0 aliphatic carbocycles. The van der Waals surface area contributed by atoms with Crippen molar-refractivity contribution in [2.45, 2.75) is 33.7 Å². The number of carbonyl (C=O) groups excluding carboxylic acids is 1. The lowest BCUT2D eigenvalue weighted by Crippen LogP contribution is -2.34. The number of aryl methyl sites for hydroxylation is 2. The van der Waals surface area contributed by atoms with Gasteiger partial charge in [0.2, 0.25) is 5.91 Å². The molecule has 0 bridgehead atoms. The monoisotopic (exact) mass is 242 g/mol. The van der Waals surface area contributed by atoms with Crippen LogP contribution in [-0.2, 0) is 17.8 Å². The van der Waals surface area contributed by atoms with E-state index >= 15 is 0 Å². The van der Waals surface area contributed by atoms with Gasteiger partial charge >= 0.3 is 0 Å². The van der Waals surface area contributed by atoms with Crippen molar-refractivity contribution in [2.75, 3.05) is 6.54 Å². The molecule has 1 amide bonds. The third kappa shape index (κ3) is 1.62. The molecule has 0 spiro atoms. The van der Waals surface area contributed by atoms with Gasteiger partial charge in [-0.1, -0.05) is 11.6 Å². The molecule has 18 heavy (non-hydrogen) atoms. The van der Waals surface area contributed by atoms with Crippen LogP contribution in [0.25, 0.3) is 10.9 Å². The predicted octanol–water partition coefficient (Wildman–Crippen LogP) is 2.69. The average Bonchev–Trinajstić information content (AvgIpc) is 2.67. The average molecular weight is 242 g/mol. The maximum absolute atomic E-state index is 11.5. The zero-order chi connectivity index (χ0) is 12.9. The highest BCUT2D eigenvalue weighted by Crippen LogP contribution is 2.30. The minimum atomic E-state index is 0.159. The van der Waals surface area contributed by atoms with E-state index in [1.165, 1.54) is 33.3 Å². The molecule has 94 valence electrons. The molecule has 0 saturated heterocycles. The Bertz CT molecular complexity index is 639. The zero-order valence-corrected chi connectivity index (χ0v) is 11.1. The molecule has 0 fully saturated rings. The quantitative estimate of drug-likeness (QED) is 0.757. The first-order valence-corrected chi connectivity index (χ1v) is 6.42. The number of rotatable bonds is 0. The molecule has 0 unspecified atom stereocenters. The SMILES string of the molecule is CC(=O)N1CCc2c([nH]c3c(C)cc(C)cc23)C1. The molecule has 1 aliphatic heterocycles. The van der Waals surface area contributed by atoms with E-state index in [2.05, 4.69) is 31.0 Å². The van der Waals surface area contributed by atoms with E-state index in [1.807, 2.05) is 4.90 Å². The van der Waals surface area contributed by atoms with Gasteiger partial charge in [0.05, 0.1) is 6.54 Å². The summed E-state index contributed by atoms with van der Waals surface area (Å²) in [4.78, 5) is 16.9. The van der Waals surface area contributed by atoms with Crippen molar-refractivity contribution >= 4 is 16.8 Å². The maximum Gasteiger partial charge on any atom is 0.219 e. The van der Waals surface area contributed by atoms with E-state index in [-0.39, 0.29) is 5.91 Å². The fraction of sp³-hybridized carbons (Fsp3) is 0.400. The lowest BCUT2D eigenvalue weighted by atomic mass is 10.0. The van der Waals surface area contributed by atoms with E-state index in [4.69, 9.17) is 0 Å². The van der Waals surface area contributed by atoms with Gasteiger partial charge in [-0.25, -0.2) is 0 Å². The maximum atomic E-state index is 11.5. The molecular weight excluding hydrogens is 224 g/mol. The number of amides is 1. The van der Waals surface area contributed by atoms with Gasteiger partial charge in [0.15, 0.2) is 0 Å². The third-order valence-corrected chi connectivity index (χ3v) is 3.87. The van der Waals surface area contributed by atoms with Gasteiger partial charge in [-0.05, 0) is 37.5 Å². The van der Waals surface area contributed by atoms with Gasteiger partial charge in [0.1, 0.15) is 0 Å². The predicted molar refractivity (Wildman–Crippen MR) is 72.6 cm³/mol. The molecule has 1 N–H and O–H groups in total. The van der Waals surface area contributed by atoms with Crippen LogP contribution in [0.15, 0.2) is 12.1 Å². The van der Waals surface area contributed by atoms with Crippen molar-refractivity contribution in [3.05, 3.63) is 34.5 Å². The van der Waals surface area contributed by atoms with Crippen LogP contribution in [0.3, 0.4) is 0 Å². The Morgan fingerprint density at radius 2 is 2.11 bits per heavy atom. The number of aromatic amines is 1.